The van der Waals surface area contributed by atoms with Crippen molar-refractivity contribution in [3.63, 3.8) is 0 Å². The predicted octanol–water partition coefficient (Wildman–Crippen LogP) is 2.32. The number of anilines is 3. The van der Waals surface area contributed by atoms with Gasteiger partial charge in [0.25, 0.3) is 11.8 Å². The fourth-order valence-corrected chi connectivity index (χ4v) is 9.26. The van der Waals surface area contributed by atoms with Crippen LogP contribution >= 0.6 is 0 Å². The summed E-state index contributed by atoms with van der Waals surface area (Å²) in [6.07, 6.45) is 4.48. The van der Waals surface area contributed by atoms with Crippen molar-refractivity contribution in [1.29, 1.82) is 0 Å². The number of amides is 4. The maximum atomic E-state index is 13.3. The van der Waals surface area contributed by atoms with Crippen LogP contribution in [0.4, 0.5) is 17.2 Å². The lowest BCUT2D eigenvalue weighted by atomic mass is 9.99. The third-order valence-corrected chi connectivity index (χ3v) is 12.3. The van der Waals surface area contributed by atoms with Gasteiger partial charge in [0.15, 0.2) is 5.82 Å². The second-order valence-electron chi connectivity index (χ2n) is 15.5. The molecule has 15 nitrogen and oxygen atoms in total. The molecule has 2 unspecified atom stereocenters. The minimum Gasteiger partial charge on any atom is -0.507 e. The summed E-state index contributed by atoms with van der Waals surface area (Å²) in [5.74, 6) is -0.940. The number of benzene rings is 2. The van der Waals surface area contributed by atoms with E-state index in [9.17, 15) is 24.3 Å². The van der Waals surface area contributed by atoms with Crippen LogP contribution in [0.3, 0.4) is 0 Å². The number of aromatic nitrogens is 2. The first-order chi connectivity index (χ1) is 26.8. The van der Waals surface area contributed by atoms with Crippen molar-refractivity contribution in [3.05, 3.63) is 59.7 Å². The Kier molecular flexibility index (Phi) is 9.60. The number of phenols is 1. The number of rotatable bonds is 8. The standard InChI is InChI=1S/C40H47N9O6/c50-35-4-2-1-3-30(35)32-22-34-37(44-43-32)41-23-27-24-47(17-18-48(27)34)25-9-13-45(14-10-25)19-20-55-28-11-15-46(16-12-28)26-5-6-29-31(21-26)40(54)49(39(29)53)33-7-8-36(51)42-38(33)52/h1-6,21-22,25,27-28,33,50H,7-20,23-24H2,(H,41,44)(H,42,51,52). The third kappa shape index (κ3) is 6.89. The highest BCUT2D eigenvalue weighted by atomic mass is 16.5. The topological polar surface area (TPSA) is 164 Å². The van der Waals surface area contributed by atoms with Crippen LogP contribution in [0, 0.1) is 0 Å². The van der Waals surface area contributed by atoms with Crippen molar-refractivity contribution in [1.82, 2.24) is 30.2 Å². The van der Waals surface area contributed by atoms with E-state index in [1.807, 2.05) is 24.3 Å². The van der Waals surface area contributed by atoms with E-state index in [-0.39, 0.29) is 30.6 Å². The molecule has 4 saturated heterocycles. The number of piperidine rings is 3. The largest absolute Gasteiger partial charge is 0.507 e. The molecule has 0 aliphatic carbocycles. The molecule has 3 aromatic rings. The molecule has 0 bridgehead atoms. The molecular formula is C40H47N9O6. The Balaban J connectivity index is 0.709. The van der Waals surface area contributed by atoms with Crippen molar-refractivity contribution < 1.29 is 29.0 Å². The lowest BCUT2D eigenvalue weighted by Crippen LogP contribution is -2.61. The number of para-hydroxylation sites is 1. The molecule has 0 spiro atoms. The van der Waals surface area contributed by atoms with Crippen molar-refractivity contribution in [2.75, 3.05) is 80.6 Å². The van der Waals surface area contributed by atoms with Crippen molar-refractivity contribution >= 4 is 40.8 Å². The van der Waals surface area contributed by atoms with Crippen LogP contribution in [-0.4, -0.2) is 143 Å². The van der Waals surface area contributed by atoms with Gasteiger partial charge in [-0.2, -0.15) is 0 Å². The van der Waals surface area contributed by atoms with Crippen molar-refractivity contribution in [3.8, 4) is 17.0 Å². The number of carbonyl (C=O) groups excluding carboxylic acids is 4. The second-order valence-corrected chi connectivity index (χ2v) is 15.5. The molecular weight excluding hydrogens is 702 g/mol. The molecule has 2 atom stereocenters. The maximum Gasteiger partial charge on any atom is 0.262 e. The van der Waals surface area contributed by atoms with Crippen LogP contribution < -0.4 is 20.4 Å². The quantitative estimate of drug-likeness (QED) is 0.288. The molecule has 0 saturated carbocycles. The number of nitrogens with zero attached hydrogens (tertiary/aromatic N) is 7. The molecule has 4 amide bonds. The van der Waals surface area contributed by atoms with Gasteiger partial charge in [0, 0.05) is 69.5 Å². The predicted molar refractivity (Wildman–Crippen MR) is 204 cm³/mol. The van der Waals surface area contributed by atoms with Crippen molar-refractivity contribution in [2.45, 2.75) is 62.8 Å². The third-order valence-electron chi connectivity index (χ3n) is 12.3. The number of likely N-dealkylation sites (tertiary alicyclic amines) is 1. The second kappa shape index (κ2) is 14.8. The number of hydrogen-bond donors (Lipinski definition) is 3. The molecule has 2 aromatic carbocycles. The Morgan fingerprint density at radius 2 is 1.60 bits per heavy atom. The maximum absolute atomic E-state index is 13.3. The summed E-state index contributed by atoms with van der Waals surface area (Å²) in [4.78, 5) is 61.3. The van der Waals surface area contributed by atoms with Gasteiger partial charge in [-0.1, -0.05) is 12.1 Å². The van der Waals surface area contributed by atoms with Crippen LogP contribution in [0.1, 0.15) is 59.2 Å². The molecule has 15 heteroatoms. The van der Waals surface area contributed by atoms with Crippen LogP contribution in [0.15, 0.2) is 48.5 Å². The number of piperazine rings is 1. The van der Waals surface area contributed by atoms with Crippen LogP contribution in [0.2, 0.25) is 0 Å². The van der Waals surface area contributed by atoms with Gasteiger partial charge < -0.3 is 29.9 Å². The number of aromatic hydroxyl groups is 1. The molecule has 3 N–H and O–H groups in total. The van der Waals surface area contributed by atoms with Gasteiger partial charge in [0.05, 0.1) is 41.3 Å². The number of nitrogens with one attached hydrogen (secondary N) is 2. The number of phenolic OH excluding ortho intramolecular Hbond substituents is 1. The van der Waals surface area contributed by atoms with Gasteiger partial charge in [-0.05, 0) is 81.6 Å². The van der Waals surface area contributed by atoms with E-state index in [0.717, 1.165) is 107 Å². The molecule has 0 radical (unpaired) electrons. The summed E-state index contributed by atoms with van der Waals surface area (Å²) >= 11 is 0. The summed E-state index contributed by atoms with van der Waals surface area (Å²) in [6.45, 7) is 9.13. The van der Waals surface area contributed by atoms with Crippen molar-refractivity contribution in [2.24, 2.45) is 0 Å². The fourth-order valence-electron chi connectivity index (χ4n) is 9.26. The molecule has 6 aliphatic heterocycles. The molecule has 9 rings (SSSR count). The highest BCUT2D eigenvalue weighted by Gasteiger charge is 2.45. The lowest BCUT2D eigenvalue weighted by Gasteiger charge is -2.49. The number of imide groups is 2. The Labute approximate surface area is 319 Å². The fraction of sp³-hybridized carbons (Fsp3) is 0.500. The zero-order valence-corrected chi connectivity index (χ0v) is 30.9. The van der Waals surface area contributed by atoms with Gasteiger partial charge in [-0.15, -0.1) is 10.2 Å². The van der Waals surface area contributed by atoms with Gasteiger partial charge >= 0.3 is 0 Å². The molecule has 55 heavy (non-hydrogen) atoms. The van der Waals surface area contributed by atoms with E-state index in [1.54, 1.807) is 18.2 Å². The van der Waals surface area contributed by atoms with E-state index in [1.165, 1.54) is 0 Å². The molecule has 4 fully saturated rings. The molecule has 6 aliphatic rings. The first-order valence-corrected chi connectivity index (χ1v) is 19.7. The minimum atomic E-state index is -0.965. The summed E-state index contributed by atoms with van der Waals surface area (Å²) < 4.78 is 6.37. The summed E-state index contributed by atoms with van der Waals surface area (Å²) in [5.41, 5.74) is 3.92. The summed E-state index contributed by atoms with van der Waals surface area (Å²) in [6, 6.07) is 14.6. The monoisotopic (exact) mass is 749 g/mol. The highest BCUT2D eigenvalue weighted by Crippen LogP contribution is 2.37. The Hall–Kier alpha value is -5.12. The number of ether oxygens (including phenoxy) is 1. The SMILES string of the molecule is O=C1CCC(N2C(=O)c3ccc(N4CCC(OCCN5CCC(N6CCN7c8cc(-c9ccccc9O)nnc8NCC7C6)CC5)CC4)cc3C2=O)C(=O)N1. The number of fused-ring (bicyclic) bond motifs is 4. The van der Waals surface area contributed by atoms with Gasteiger partial charge in [0.1, 0.15) is 11.8 Å². The van der Waals surface area contributed by atoms with Crippen LogP contribution in [0.5, 0.6) is 5.75 Å². The van der Waals surface area contributed by atoms with Crippen LogP contribution in [-0.2, 0) is 14.3 Å². The highest BCUT2D eigenvalue weighted by molar-refractivity contribution is 6.23. The Morgan fingerprint density at radius 3 is 2.40 bits per heavy atom. The Morgan fingerprint density at radius 1 is 0.800 bits per heavy atom. The average molecular weight is 750 g/mol. The zero-order chi connectivity index (χ0) is 37.6. The normalized spacial score (nSPS) is 24.0. The van der Waals surface area contributed by atoms with E-state index < -0.39 is 23.8 Å². The first kappa shape index (κ1) is 35.6. The van der Waals surface area contributed by atoms with E-state index in [2.05, 4.69) is 46.5 Å². The molecule has 7 heterocycles. The van der Waals surface area contributed by atoms with E-state index >= 15 is 0 Å². The van der Waals surface area contributed by atoms with Gasteiger partial charge in [-0.3, -0.25) is 34.3 Å². The lowest BCUT2D eigenvalue weighted by molar-refractivity contribution is -0.136. The number of carbonyl (C=O) groups is 4. The summed E-state index contributed by atoms with van der Waals surface area (Å²) in [7, 11) is 0. The molecule has 288 valence electrons. The number of hydrogen-bond acceptors (Lipinski definition) is 13. The molecule has 1 aromatic heterocycles. The van der Waals surface area contributed by atoms with Gasteiger partial charge in [-0.25, -0.2) is 0 Å². The average Bonchev–Trinajstić information content (AvgIpc) is 3.46. The smallest absolute Gasteiger partial charge is 0.262 e. The summed E-state index contributed by atoms with van der Waals surface area (Å²) in [5, 5.41) is 25.0. The van der Waals surface area contributed by atoms with Crippen LogP contribution in [0.25, 0.3) is 11.3 Å². The van der Waals surface area contributed by atoms with Gasteiger partial charge in [0.2, 0.25) is 11.8 Å². The Bertz CT molecular complexity index is 1990. The van der Waals surface area contributed by atoms with E-state index in [0.29, 0.717) is 41.1 Å². The van der Waals surface area contributed by atoms with E-state index in [4.69, 9.17) is 4.74 Å². The zero-order valence-electron chi connectivity index (χ0n) is 30.9. The minimum absolute atomic E-state index is 0.0980. The first-order valence-electron chi connectivity index (χ1n) is 19.7.